The molecule has 0 bridgehead atoms. The van der Waals surface area contributed by atoms with E-state index < -0.39 is 10.1 Å². The molecule has 6 heteroatoms. The summed E-state index contributed by atoms with van der Waals surface area (Å²) in [6.45, 7) is 2.86. The first kappa shape index (κ1) is 21.4. The molecule has 0 aromatic heterocycles. The van der Waals surface area contributed by atoms with E-state index in [0.29, 0.717) is 11.7 Å². The van der Waals surface area contributed by atoms with Crippen molar-refractivity contribution in [1.29, 1.82) is 0 Å². The fourth-order valence-corrected chi connectivity index (χ4v) is 5.00. The fraction of sp³-hybridized carbons (Fsp3) is 0.280. The van der Waals surface area contributed by atoms with Crippen molar-refractivity contribution in [3.63, 3.8) is 0 Å². The van der Waals surface area contributed by atoms with Gasteiger partial charge >= 0.3 is 10.1 Å². The number of piperidine rings is 1. The van der Waals surface area contributed by atoms with E-state index in [0.717, 1.165) is 38.0 Å². The van der Waals surface area contributed by atoms with Gasteiger partial charge in [-0.15, -0.1) is 0 Å². The van der Waals surface area contributed by atoms with Gasteiger partial charge in [0.2, 0.25) is 0 Å². The monoisotopic (exact) mass is 437 g/mol. The van der Waals surface area contributed by atoms with E-state index >= 15 is 0 Å². The third-order valence-corrected chi connectivity index (χ3v) is 6.97. The number of rotatable bonds is 7. The standard InChI is InChI=1S/C25H27NO4S/c1-29-25-18-20(12-13-24(25)30-31(27,28)23-10-6-3-7-11-23)19-26-16-14-22(15-17-26)21-8-4-2-5-9-21/h2-13,18,22H,14-17,19H2,1H3. The zero-order chi connectivity index (χ0) is 21.7. The van der Waals surface area contributed by atoms with E-state index in [-0.39, 0.29) is 10.6 Å². The van der Waals surface area contributed by atoms with Crippen LogP contribution in [0.5, 0.6) is 11.5 Å². The van der Waals surface area contributed by atoms with Gasteiger partial charge in [-0.3, -0.25) is 4.90 Å². The maximum Gasteiger partial charge on any atom is 0.339 e. The Morgan fingerprint density at radius 3 is 2.16 bits per heavy atom. The zero-order valence-corrected chi connectivity index (χ0v) is 18.4. The lowest BCUT2D eigenvalue weighted by Gasteiger charge is -2.32. The van der Waals surface area contributed by atoms with Crippen LogP contribution in [-0.4, -0.2) is 33.5 Å². The van der Waals surface area contributed by atoms with Crippen LogP contribution in [-0.2, 0) is 16.7 Å². The normalized spacial score (nSPS) is 15.5. The van der Waals surface area contributed by atoms with Crippen LogP contribution in [0.25, 0.3) is 0 Å². The zero-order valence-electron chi connectivity index (χ0n) is 17.6. The summed E-state index contributed by atoms with van der Waals surface area (Å²) in [5.74, 6) is 1.22. The molecule has 1 fully saturated rings. The van der Waals surface area contributed by atoms with Crippen molar-refractivity contribution in [2.24, 2.45) is 0 Å². The minimum Gasteiger partial charge on any atom is -0.493 e. The van der Waals surface area contributed by atoms with Gasteiger partial charge in [0, 0.05) is 6.54 Å². The minimum atomic E-state index is -3.91. The van der Waals surface area contributed by atoms with E-state index in [4.69, 9.17) is 8.92 Å². The van der Waals surface area contributed by atoms with Crippen LogP contribution in [0.15, 0.2) is 83.8 Å². The third kappa shape index (κ3) is 5.27. The molecule has 0 N–H and O–H groups in total. The maximum atomic E-state index is 12.5. The molecule has 0 spiro atoms. The van der Waals surface area contributed by atoms with Crippen LogP contribution in [0.1, 0.15) is 29.9 Å². The van der Waals surface area contributed by atoms with Gasteiger partial charge < -0.3 is 8.92 Å². The first-order valence-corrected chi connectivity index (χ1v) is 11.9. The third-order valence-electron chi connectivity index (χ3n) is 5.72. The molecule has 4 rings (SSSR count). The van der Waals surface area contributed by atoms with Gasteiger partial charge in [0.25, 0.3) is 0 Å². The van der Waals surface area contributed by atoms with Crippen LogP contribution in [0.4, 0.5) is 0 Å². The van der Waals surface area contributed by atoms with Crippen LogP contribution >= 0.6 is 0 Å². The quantitative estimate of drug-likeness (QED) is 0.495. The molecule has 1 heterocycles. The lowest BCUT2D eigenvalue weighted by Crippen LogP contribution is -2.32. The van der Waals surface area contributed by atoms with E-state index in [9.17, 15) is 8.42 Å². The lowest BCUT2D eigenvalue weighted by atomic mass is 9.89. The van der Waals surface area contributed by atoms with Crippen molar-refractivity contribution in [2.75, 3.05) is 20.2 Å². The van der Waals surface area contributed by atoms with Gasteiger partial charge in [0.05, 0.1) is 7.11 Å². The van der Waals surface area contributed by atoms with Crippen molar-refractivity contribution in [1.82, 2.24) is 4.90 Å². The predicted molar refractivity (Wildman–Crippen MR) is 121 cm³/mol. The van der Waals surface area contributed by atoms with E-state index in [1.807, 2.05) is 12.1 Å². The van der Waals surface area contributed by atoms with Gasteiger partial charge in [-0.1, -0.05) is 54.6 Å². The SMILES string of the molecule is COc1cc(CN2CCC(c3ccccc3)CC2)ccc1OS(=O)(=O)c1ccccc1. The molecular weight excluding hydrogens is 410 g/mol. The highest BCUT2D eigenvalue weighted by Gasteiger charge is 2.22. The highest BCUT2D eigenvalue weighted by molar-refractivity contribution is 7.87. The van der Waals surface area contributed by atoms with Crippen LogP contribution in [0, 0.1) is 0 Å². The van der Waals surface area contributed by atoms with Gasteiger partial charge in [0.1, 0.15) is 4.90 Å². The summed E-state index contributed by atoms with van der Waals surface area (Å²) in [6.07, 6.45) is 2.27. The van der Waals surface area contributed by atoms with Crippen LogP contribution < -0.4 is 8.92 Å². The number of ether oxygens (including phenoxy) is 1. The Kier molecular flexibility index (Phi) is 6.59. The van der Waals surface area contributed by atoms with Crippen molar-refractivity contribution in [2.45, 2.75) is 30.2 Å². The van der Waals surface area contributed by atoms with Gasteiger partial charge in [0.15, 0.2) is 11.5 Å². The predicted octanol–water partition coefficient (Wildman–Crippen LogP) is 4.84. The van der Waals surface area contributed by atoms with Crippen molar-refractivity contribution in [3.8, 4) is 11.5 Å². The molecule has 0 aliphatic carbocycles. The first-order chi connectivity index (χ1) is 15.0. The van der Waals surface area contributed by atoms with Crippen molar-refractivity contribution >= 4 is 10.1 Å². The highest BCUT2D eigenvalue weighted by atomic mass is 32.2. The average Bonchev–Trinajstić information content (AvgIpc) is 2.81. The number of hydrogen-bond donors (Lipinski definition) is 0. The number of nitrogens with zero attached hydrogens (tertiary/aromatic N) is 1. The molecule has 3 aromatic carbocycles. The second kappa shape index (κ2) is 9.54. The Hall–Kier alpha value is -2.83. The molecule has 0 unspecified atom stereocenters. The highest BCUT2D eigenvalue weighted by Crippen LogP contribution is 2.32. The Bertz CT molecular complexity index is 1090. The average molecular weight is 438 g/mol. The van der Waals surface area contributed by atoms with Crippen molar-refractivity contribution in [3.05, 3.63) is 90.0 Å². The van der Waals surface area contributed by atoms with E-state index in [2.05, 4.69) is 35.2 Å². The Morgan fingerprint density at radius 2 is 1.52 bits per heavy atom. The molecule has 1 aliphatic rings. The molecule has 5 nitrogen and oxygen atoms in total. The first-order valence-electron chi connectivity index (χ1n) is 10.5. The van der Waals surface area contributed by atoms with Gasteiger partial charge in [-0.05, 0) is 67.2 Å². The van der Waals surface area contributed by atoms with E-state index in [1.54, 1.807) is 24.3 Å². The molecule has 1 saturated heterocycles. The number of methoxy groups -OCH3 is 1. The van der Waals surface area contributed by atoms with E-state index in [1.165, 1.54) is 24.8 Å². The second-order valence-corrected chi connectivity index (χ2v) is 9.34. The maximum absolute atomic E-state index is 12.5. The Labute approximate surface area is 184 Å². The summed E-state index contributed by atoms with van der Waals surface area (Å²) < 4.78 is 35.8. The molecule has 162 valence electrons. The van der Waals surface area contributed by atoms with Crippen molar-refractivity contribution < 1.29 is 17.3 Å². The molecular formula is C25H27NO4S. The summed E-state index contributed by atoms with van der Waals surface area (Å²) >= 11 is 0. The molecule has 0 saturated carbocycles. The molecule has 0 radical (unpaired) electrons. The molecule has 3 aromatic rings. The fourth-order valence-electron chi connectivity index (χ4n) is 4.04. The number of benzene rings is 3. The molecule has 0 amide bonds. The number of likely N-dealkylation sites (tertiary alicyclic amines) is 1. The van der Waals surface area contributed by atoms with Crippen LogP contribution in [0.2, 0.25) is 0 Å². The van der Waals surface area contributed by atoms with Gasteiger partial charge in [-0.25, -0.2) is 0 Å². The number of hydrogen-bond acceptors (Lipinski definition) is 5. The summed E-state index contributed by atoms with van der Waals surface area (Å²) in [5, 5.41) is 0. The molecule has 0 atom stereocenters. The topological polar surface area (TPSA) is 55.8 Å². The molecule has 1 aliphatic heterocycles. The Balaban J connectivity index is 1.41. The minimum absolute atomic E-state index is 0.113. The van der Waals surface area contributed by atoms with Gasteiger partial charge in [-0.2, -0.15) is 8.42 Å². The largest absolute Gasteiger partial charge is 0.493 e. The Morgan fingerprint density at radius 1 is 0.871 bits per heavy atom. The summed E-state index contributed by atoms with van der Waals surface area (Å²) in [7, 11) is -2.39. The summed E-state index contributed by atoms with van der Waals surface area (Å²) in [4.78, 5) is 2.54. The lowest BCUT2D eigenvalue weighted by molar-refractivity contribution is 0.204. The smallest absolute Gasteiger partial charge is 0.339 e. The van der Waals surface area contributed by atoms with Crippen LogP contribution in [0.3, 0.4) is 0 Å². The summed E-state index contributed by atoms with van der Waals surface area (Å²) in [5.41, 5.74) is 2.49. The summed E-state index contributed by atoms with van der Waals surface area (Å²) in [6, 6.07) is 24.2. The molecule has 31 heavy (non-hydrogen) atoms. The second-order valence-electron chi connectivity index (χ2n) is 7.80.